The van der Waals surface area contributed by atoms with Crippen LogP contribution < -0.4 is 10.1 Å². The maximum absolute atomic E-state index is 12.8. The zero-order valence-corrected chi connectivity index (χ0v) is 17.2. The molecule has 1 N–H and O–H groups in total. The van der Waals surface area contributed by atoms with E-state index in [4.69, 9.17) is 9.26 Å². The fourth-order valence-corrected chi connectivity index (χ4v) is 5.43. The van der Waals surface area contributed by atoms with E-state index in [1.54, 1.807) is 24.3 Å². The molecule has 0 atom stereocenters. The number of ether oxygens (including phenoxy) is 1. The second kappa shape index (κ2) is 8.16. The summed E-state index contributed by atoms with van der Waals surface area (Å²) in [5.41, 5.74) is 1.94. The van der Waals surface area contributed by atoms with Crippen LogP contribution in [0.4, 0.5) is 5.88 Å². The zero-order valence-electron chi connectivity index (χ0n) is 16.4. The number of amides is 1. The Labute approximate surface area is 170 Å². The van der Waals surface area contributed by atoms with E-state index >= 15 is 0 Å². The number of benzene rings is 1. The quantitative estimate of drug-likeness (QED) is 0.799. The van der Waals surface area contributed by atoms with Gasteiger partial charge in [-0.15, -0.1) is 0 Å². The van der Waals surface area contributed by atoms with Crippen molar-refractivity contribution in [1.29, 1.82) is 0 Å². The Morgan fingerprint density at radius 3 is 2.55 bits per heavy atom. The van der Waals surface area contributed by atoms with Gasteiger partial charge >= 0.3 is 0 Å². The number of rotatable bonds is 5. The third-order valence-electron chi connectivity index (χ3n) is 5.72. The average molecular weight is 420 g/mol. The number of methoxy groups -OCH3 is 1. The molecule has 0 bridgehead atoms. The minimum atomic E-state index is -3.58. The lowest BCUT2D eigenvalue weighted by atomic mass is 9.96. The zero-order chi connectivity index (χ0) is 20.4. The number of carbonyl (C=O) groups is 1. The number of carbonyl (C=O) groups excluding carboxylic acids is 1. The van der Waals surface area contributed by atoms with Crippen molar-refractivity contribution in [2.45, 2.75) is 43.4 Å². The maximum Gasteiger partial charge on any atom is 0.243 e. The highest BCUT2D eigenvalue weighted by molar-refractivity contribution is 7.89. The summed E-state index contributed by atoms with van der Waals surface area (Å²) in [4.78, 5) is 12.9. The van der Waals surface area contributed by atoms with Crippen LogP contribution in [0, 0.1) is 5.92 Å². The number of fused-ring (bicyclic) bond motifs is 1. The number of aromatic nitrogens is 1. The van der Waals surface area contributed by atoms with Crippen molar-refractivity contribution in [3.8, 4) is 5.75 Å². The number of piperidine rings is 1. The van der Waals surface area contributed by atoms with Crippen LogP contribution in [-0.4, -0.2) is 44.0 Å². The molecule has 2 heterocycles. The van der Waals surface area contributed by atoms with E-state index in [-0.39, 0.29) is 16.7 Å². The molecule has 1 saturated heterocycles. The van der Waals surface area contributed by atoms with Crippen molar-refractivity contribution < 1.29 is 22.5 Å². The van der Waals surface area contributed by atoms with Crippen molar-refractivity contribution in [1.82, 2.24) is 9.46 Å². The number of anilines is 1. The molecule has 0 spiro atoms. The molecule has 1 aliphatic heterocycles. The molecule has 0 unspecified atom stereocenters. The third kappa shape index (κ3) is 4.02. The first-order chi connectivity index (χ1) is 14.0. The number of hydrogen-bond acceptors (Lipinski definition) is 6. The summed E-state index contributed by atoms with van der Waals surface area (Å²) >= 11 is 0. The van der Waals surface area contributed by atoms with E-state index in [1.807, 2.05) is 0 Å². The van der Waals surface area contributed by atoms with Crippen molar-refractivity contribution in [3.63, 3.8) is 0 Å². The Morgan fingerprint density at radius 1 is 1.17 bits per heavy atom. The fraction of sp³-hybridized carbons (Fsp3) is 0.500. The highest BCUT2D eigenvalue weighted by Crippen LogP contribution is 2.30. The summed E-state index contributed by atoms with van der Waals surface area (Å²) in [6.07, 6.45) is 4.85. The third-order valence-corrected chi connectivity index (χ3v) is 7.63. The van der Waals surface area contributed by atoms with Crippen molar-refractivity contribution in [2.24, 2.45) is 5.92 Å². The minimum Gasteiger partial charge on any atom is -0.497 e. The lowest BCUT2D eigenvalue weighted by Gasteiger charge is -2.30. The Hall–Kier alpha value is -2.39. The molecule has 4 rings (SSSR count). The fourth-order valence-electron chi connectivity index (χ4n) is 3.96. The lowest BCUT2D eigenvalue weighted by Crippen LogP contribution is -2.41. The smallest absolute Gasteiger partial charge is 0.243 e. The van der Waals surface area contributed by atoms with Crippen molar-refractivity contribution in [3.05, 3.63) is 35.5 Å². The Balaban J connectivity index is 1.37. The van der Waals surface area contributed by atoms with Crippen molar-refractivity contribution in [2.75, 3.05) is 25.5 Å². The first-order valence-electron chi connectivity index (χ1n) is 9.91. The summed E-state index contributed by atoms with van der Waals surface area (Å²) in [7, 11) is -2.04. The Bertz CT molecular complexity index is 976. The van der Waals surface area contributed by atoms with Gasteiger partial charge in [0.25, 0.3) is 0 Å². The van der Waals surface area contributed by atoms with Gasteiger partial charge in [-0.3, -0.25) is 10.1 Å². The van der Waals surface area contributed by atoms with Gasteiger partial charge in [-0.05, 0) is 62.8 Å². The molecule has 1 aromatic carbocycles. The standard InChI is InChI=1S/C20H25N3O5S/c1-27-15-6-8-16(9-7-15)29(25,26)23-12-10-14(11-13-23)19(24)21-20-17-4-2-3-5-18(17)22-28-20/h6-9,14H,2-5,10-13H2,1H3,(H,21,24). The summed E-state index contributed by atoms with van der Waals surface area (Å²) < 4.78 is 37.5. The topological polar surface area (TPSA) is 102 Å². The summed E-state index contributed by atoms with van der Waals surface area (Å²) in [5, 5.41) is 6.93. The first kappa shape index (κ1) is 19.9. The normalized spacial score (nSPS) is 18.2. The van der Waals surface area contributed by atoms with Crippen LogP contribution in [0.15, 0.2) is 33.7 Å². The van der Waals surface area contributed by atoms with Crippen LogP contribution >= 0.6 is 0 Å². The van der Waals surface area contributed by atoms with Crippen molar-refractivity contribution >= 4 is 21.8 Å². The monoisotopic (exact) mass is 419 g/mol. The molecule has 1 fully saturated rings. The van der Waals surface area contributed by atoms with Gasteiger partial charge in [-0.1, -0.05) is 5.16 Å². The average Bonchev–Trinajstić information content (AvgIpc) is 3.16. The van der Waals surface area contributed by atoms with E-state index in [2.05, 4.69) is 10.5 Å². The van der Waals surface area contributed by atoms with Gasteiger partial charge in [0, 0.05) is 24.6 Å². The molecule has 0 radical (unpaired) electrons. The molecule has 9 heteroatoms. The maximum atomic E-state index is 12.8. The van der Waals surface area contributed by atoms with Gasteiger partial charge in [-0.2, -0.15) is 4.31 Å². The largest absolute Gasteiger partial charge is 0.497 e. The van der Waals surface area contributed by atoms with Gasteiger partial charge in [-0.25, -0.2) is 8.42 Å². The van der Waals surface area contributed by atoms with Gasteiger partial charge < -0.3 is 9.26 Å². The van der Waals surface area contributed by atoms with E-state index in [1.165, 1.54) is 11.4 Å². The molecule has 29 heavy (non-hydrogen) atoms. The second-order valence-corrected chi connectivity index (χ2v) is 9.43. The number of nitrogens with zero attached hydrogens (tertiary/aromatic N) is 2. The molecule has 1 amide bonds. The summed E-state index contributed by atoms with van der Waals surface area (Å²) in [5.74, 6) is 0.685. The van der Waals surface area contributed by atoms with Gasteiger partial charge in [0.15, 0.2) is 0 Å². The molecule has 1 aliphatic carbocycles. The van der Waals surface area contributed by atoms with Crippen LogP contribution in [0.1, 0.15) is 36.9 Å². The van der Waals surface area contributed by atoms with E-state index in [0.717, 1.165) is 36.9 Å². The number of hydrogen-bond donors (Lipinski definition) is 1. The molecule has 1 aromatic heterocycles. The predicted octanol–water partition coefficient (Wildman–Crippen LogP) is 2.60. The lowest BCUT2D eigenvalue weighted by molar-refractivity contribution is -0.121. The minimum absolute atomic E-state index is 0.129. The molecular weight excluding hydrogens is 394 g/mol. The molecular formula is C20H25N3O5S. The van der Waals surface area contributed by atoms with Crippen LogP contribution in [0.5, 0.6) is 5.75 Å². The van der Waals surface area contributed by atoms with Crippen LogP contribution in [0.3, 0.4) is 0 Å². The number of sulfonamides is 1. The first-order valence-corrected chi connectivity index (χ1v) is 11.4. The molecule has 156 valence electrons. The second-order valence-electron chi connectivity index (χ2n) is 7.49. The van der Waals surface area contributed by atoms with E-state index in [9.17, 15) is 13.2 Å². The molecule has 8 nitrogen and oxygen atoms in total. The van der Waals surface area contributed by atoms with Crippen LogP contribution in [0.2, 0.25) is 0 Å². The SMILES string of the molecule is COc1ccc(S(=O)(=O)N2CCC(C(=O)Nc3onc4c3CCCC4)CC2)cc1. The Morgan fingerprint density at radius 2 is 1.86 bits per heavy atom. The van der Waals surface area contributed by atoms with Crippen LogP contribution in [0.25, 0.3) is 0 Å². The molecule has 0 saturated carbocycles. The van der Waals surface area contributed by atoms with Gasteiger partial charge in [0.2, 0.25) is 21.8 Å². The molecule has 2 aromatic rings. The van der Waals surface area contributed by atoms with E-state index < -0.39 is 10.0 Å². The van der Waals surface area contributed by atoms with Gasteiger partial charge in [0.1, 0.15) is 5.75 Å². The predicted molar refractivity (Wildman–Crippen MR) is 106 cm³/mol. The number of aryl methyl sites for hydroxylation is 1. The number of nitrogens with one attached hydrogen (secondary N) is 1. The van der Waals surface area contributed by atoms with Gasteiger partial charge in [0.05, 0.1) is 17.7 Å². The summed E-state index contributed by atoms with van der Waals surface area (Å²) in [6, 6.07) is 6.34. The highest BCUT2D eigenvalue weighted by Gasteiger charge is 2.33. The van der Waals surface area contributed by atoms with E-state index in [0.29, 0.717) is 37.6 Å². The molecule has 2 aliphatic rings. The summed E-state index contributed by atoms with van der Waals surface area (Å²) in [6.45, 7) is 0.613. The van der Waals surface area contributed by atoms with Crippen LogP contribution in [-0.2, 0) is 27.7 Å². The highest BCUT2D eigenvalue weighted by atomic mass is 32.2. The Kier molecular flexibility index (Phi) is 5.60.